The minimum atomic E-state index is -0.491. The summed E-state index contributed by atoms with van der Waals surface area (Å²) in [6.07, 6.45) is 0. The molecule has 0 atom stereocenters. The van der Waals surface area contributed by atoms with Gasteiger partial charge in [-0.05, 0) is 31.0 Å². The van der Waals surface area contributed by atoms with Gasteiger partial charge in [0.25, 0.3) is 0 Å². The monoisotopic (exact) mass is 182 g/mol. The van der Waals surface area contributed by atoms with Crippen LogP contribution in [0.25, 0.3) is 0 Å². The van der Waals surface area contributed by atoms with Gasteiger partial charge < -0.3 is 4.74 Å². The first-order chi connectivity index (χ1) is 6.07. The molecule has 1 rings (SSSR count). The number of hydrogen-bond donors (Lipinski definition) is 0. The molecule has 3 heteroatoms. The summed E-state index contributed by atoms with van der Waals surface area (Å²) in [5.74, 6) is -0.875. The van der Waals surface area contributed by atoms with Gasteiger partial charge in [0, 0.05) is 0 Å². The summed E-state index contributed by atoms with van der Waals surface area (Å²) < 4.78 is 17.6. The van der Waals surface area contributed by atoms with Crippen LogP contribution in [0.3, 0.4) is 0 Å². The largest absolute Gasteiger partial charge is 0.465 e. The Morgan fingerprint density at radius 3 is 2.54 bits per heavy atom. The van der Waals surface area contributed by atoms with Crippen LogP contribution in [-0.4, -0.2) is 13.1 Å². The first-order valence-corrected chi connectivity index (χ1v) is 3.92. The lowest BCUT2D eigenvalue weighted by Crippen LogP contribution is -2.07. The minimum Gasteiger partial charge on any atom is -0.465 e. The van der Waals surface area contributed by atoms with Gasteiger partial charge in [-0.3, -0.25) is 0 Å². The quantitative estimate of drug-likeness (QED) is 0.622. The standard InChI is InChI=1S/C10H11FO2/c1-6-4-5-8(11)7(2)9(6)10(12)13-3/h4-5H,1-3H3. The third kappa shape index (κ3) is 1.69. The van der Waals surface area contributed by atoms with E-state index in [9.17, 15) is 9.18 Å². The summed E-state index contributed by atoms with van der Waals surface area (Å²) >= 11 is 0. The molecule has 0 saturated carbocycles. The van der Waals surface area contributed by atoms with Gasteiger partial charge in [0.1, 0.15) is 5.82 Å². The molecular weight excluding hydrogens is 171 g/mol. The molecule has 2 nitrogen and oxygen atoms in total. The zero-order valence-electron chi connectivity index (χ0n) is 7.85. The topological polar surface area (TPSA) is 26.3 Å². The molecule has 1 aromatic carbocycles. The van der Waals surface area contributed by atoms with Gasteiger partial charge in [-0.15, -0.1) is 0 Å². The molecule has 0 fully saturated rings. The fourth-order valence-electron chi connectivity index (χ4n) is 1.24. The molecule has 0 aliphatic rings. The zero-order valence-corrected chi connectivity index (χ0v) is 7.85. The Morgan fingerprint density at radius 1 is 1.38 bits per heavy atom. The highest BCUT2D eigenvalue weighted by molar-refractivity contribution is 5.92. The van der Waals surface area contributed by atoms with Crippen molar-refractivity contribution in [3.8, 4) is 0 Å². The van der Waals surface area contributed by atoms with Gasteiger partial charge >= 0.3 is 5.97 Å². The SMILES string of the molecule is COC(=O)c1c(C)ccc(F)c1C. The summed E-state index contributed by atoms with van der Waals surface area (Å²) in [5.41, 5.74) is 1.39. The van der Waals surface area contributed by atoms with E-state index in [2.05, 4.69) is 4.74 Å². The van der Waals surface area contributed by atoms with Crippen molar-refractivity contribution in [3.05, 3.63) is 34.6 Å². The van der Waals surface area contributed by atoms with Crippen LogP contribution in [0.4, 0.5) is 4.39 Å². The van der Waals surface area contributed by atoms with Crippen molar-refractivity contribution in [1.29, 1.82) is 0 Å². The lowest BCUT2D eigenvalue weighted by Gasteiger charge is -2.07. The molecule has 0 radical (unpaired) electrons. The van der Waals surface area contributed by atoms with E-state index in [0.717, 1.165) is 5.56 Å². The van der Waals surface area contributed by atoms with E-state index in [1.54, 1.807) is 19.9 Å². The molecule has 0 spiro atoms. The second-order valence-corrected chi connectivity index (χ2v) is 2.86. The first kappa shape index (κ1) is 9.71. The van der Waals surface area contributed by atoms with Crippen molar-refractivity contribution < 1.29 is 13.9 Å². The van der Waals surface area contributed by atoms with E-state index >= 15 is 0 Å². The molecule has 0 heterocycles. The molecule has 0 aliphatic carbocycles. The number of aryl methyl sites for hydroxylation is 1. The van der Waals surface area contributed by atoms with E-state index in [4.69, 9.17) is 0 Å². The molecule has 70 valence electrons. The van der Waals surface area contributed by atoms with Crippen LogP contribution in [-0.2, 0) is 4.74 Å². The maximum absolute atomic E-state index is 13.0. The molecule has 0 saturated heterocycles. The van der Waals surface area contributed by atoms with Gasteiger partial charge in [-0.1, -0.05) is 6.07 Å². The smallest absolute Gasteiger partial charge is 0.338 e. The van der Waals surface area contributed by atoms with Crippen molar-refractivity contribution in [2.45, 2.75) is 13.8 Å². The Balaban J connectivity index is 3.33. The van der Waals surface area contributed by atoms with Crippen molar-refractivity contribution >= 4 is 5.97 Å². The highest BCUT2D eigenvalue weighted by atomic mass is 19.1. The summed E-state index contributed by atoms with van der Waals surface area (Å²) in [7, 11) is 1.28. The van der Waals surface area contributed by atoms with Crippen LogP contribution >= 0.6 is 0 Å². The molecule has 0 bridgehead atoms. The number of hydrogen-bond acceptors (Lipinski definition) is 2. The molecule has 0 aliphatic heterocycles. The van der Waals surface area contributed by atoms with Gasteiger partial charge in [-0.2, -0.15) is 0 Å². The molecule has 1 aromatic rings. The van der Waals surface area contributed by atoms with E-state index in [-0.39, 0.29) is 5.82 Å². The van der Waals surface area contributed by atoms with Crippen LogP contribution in [0.2, 0.25) is 0 Å². The Bertz CT molecular complexity index is 345. The minimum absolute atomic E-state index is 0.322. The number of benzene rings is 1. The van der Waals surface area contributed by atoms with Crippen molar-refractivity contribution in [2.75, 3.05) is 7.11 Å². The Labute approximate surface area is 76.3 Å². The average molecular weight is 182 g/mol. The lowest BCUT2D eigenvalue weighted by atomic mass is 10.0. The Kier molecular flexibility index (Phi) is 2.66. The Hall–Kier alpha value is -1.38. The van der Waals surface area contributed by atoms with Crippen LogP contribution in [0, 0.1) is 19.7 Å². The number of carbonyl (C=O) groups is 1. The molecule has 0 unspecified atom stereocenters. The van der Waals surface area contributed by atoms with Crippen LogP contribution < -0.4 is 0 Å². The van der Waals surface area contributed by atoms with Gasteiger partial charge in [0.2, 0.25) is 0 Å². The molecule has 13 heavy (non-hydrogen) atoms. The third-order valence-electron chi connectivity index (χ3n) is 2.00. The van der Waals surface area contributed by atoms with Gasteiger partial charge in [0.15, 0.2) is 0 Å². The van der Waals surface area contributed by atoms with E-state index < -0.39 is 5.97 Å². The first-order valence-electron chi connectivity index (χ1n) is 3.92. The van der Waals surface area contributed by atoms with Crippen LogP contribution in [0.5, 0.6) is 0 Å². The highest BCUT2D eigenvalue weighted by Gasteiger charge is 2.14. The number of esters is 1. The molecule has 0 aromatic heterocycles. The maximum atomic E-state index is 13.0. The maximum Gasteiger partial charge on any atom is 0.338 e. The predicted molar refractivity (Wildman–Crippen MR) is 47.2 cm³/mol. The summed E-state index contributed by atoms with van der Waals surface area (Å²) in [6.45, 7) is 3.31. The van der Waals surface area contributed by atoms with Gasteiger partial charge in [0.05, 0.1) is 12.7 Å². The van der Waals surface area contributed by atoms with E-state index in [1.165, 1.54) is 13.2 Å². The molecule has 0 amide bonds. The summed E-state index contributed by atoms with van der Waals surface area (Å²) in [6, 6.07) is 2.91. The number of ether oxygens (including phenoxy) is 1. The van der Waals surface area contributed by atoms with Crippen LogP contribution in [0.15, 0.2) is 12.1 Å². The molecule has 0 N–H and O–H groups in total. The Morgan fingerprint density at radius 2 is 2.00 bits per heavy atom. The fraction of sp³-hybridized carbons (Fsp3) is 0.300. The van der Waals surface area contributed by atoms with Crippen molar-refractivity contribution in [3.63, 3.8) is 0 Å². The average Bonchev–Trinajstić information content (AvgIpc) is 2.12. The molecular formula is C10H11FO2. The van der Waals surface area contributed by atoms with Crippen molar-refractivity contribution in [1.82, 2.24) is 0 Å². The van der Waals surface area contributed by atoms with E-state index in [0.29, 0.717) is 11.1 Å². The normalized spacial score (nSPS) is 9.85. The second-order valence-electron chi connectivity index (χ2n) is 2.86. The summed E-state index contributed by atoms with van der Waals surface area (Å²) in [4.78, 5) is 11.2. The number of methoxy groups -OCH3 is 1. The fourth-order valence-corrected chi connectivity index (χ4v) is 1.24. The second kappa shape index (κ2) is 3.56. The number of halogens is 1. The summed E-state index contributed by atoms with van der Waals surface area (Å²) in [5, 5.41) is 0. The van der Waals surface area contributed by atoms with Crippen molar-refractivity contribution in [2.24, 2.45) is 0 Å². The van der Waals surface area contributed by atoms with E-state index in [1.807, 2.05) is 0 Å². The third-order valence-corrected chi connectivity index (χ3v) is 2.00. The zero-order chi connectivity index (χ0) is 10.0. The number of rotatable bonds is 1. The van der Waals surface area contributed by atoms with Gasteiger partial charge in [-0.25, -0.2) is 9.18 Å². The predicted octanol–water partition coefficient (Wildman–Crippen LogP) is 2.23. The highest BCUT2D eigenvalue weighted by Crippen LogP contribution is 2.17. The van der Waals surface area contributed by atoms with Crippen LogP contribution in [0.1, 0.15) is 21.5 Å². The lowest BCUT2D eigenvalue weighted by molar-refractivity contribution is 0.0598. The number of carbonyl (C=O) groups excluding carboxylic acids is 1.